The van der Waals surface area contributed by atoms with Crippen molar-refractivity contribution < 1.29 is 19.3 Å². The lowest BCUT2D eigenvalue weighted by Crippen LogP contribution is -2.66. The number of hydroxylamine groups is 4. The van der Waals surface area contributed by atoms with Crippen LogP contribution in [0.3, 0.4) is 0 Å². The van der Waals surface area contributed by atoms with Crippen molar-refractivity contribution in [2.45, 2.75) is 127 Å². The third-order valence-electron chi connectivity index (χ3n) is 12.8. The van der Waals surface area contributed by atoms with Crippen molar-refractivity contribution in [3.8, 4) is 22.3 Å². The molecule has 0 radical (unpaired) electrons. The minimum atomic E-state index is -1.66. The highest BCUT2D eigenvalue weighted by atomic mass is 16.7. The number of fused-ring (bicyclic) bond motifs is 6. The van der Waals surface area contributed by atoms with Gasteiger partial charge < -0.3 is 9.68 Å². The van der Waals surface area contributed by atoms with Crippen LogP contribution in [0.2, 0.25) is 0 Å². The summed E-state index contributed by atoms with van der Waals surface area (Å²) in [5, 5.41) is 3.86. The highest BCUT2D eigenvalue weighted by Crippen LogP contribution is 2.66. The number of hydrogen-bond acceptors (Lipinski definition) is 6. The Labute approximate surface area is 309 Å². The van der Waals surface area contributed by atoms with Gasteiger partial charge in [-0.1, -0.05) is 97.1 Å². The monoisotopic (exact) mass is 696 g/mol. The predicted octanol–water partition coefficient (Wildman–Crippen LogP) is 9.92. The number of nitrogens with zero attached hydrogens (tertiary/aromatic N) is 2. The molecular formula is C46H52N2O4. The molecule has 0 atom stereocenters. The van der Waals surface area contributed by atoms with E-state index in [1.54, 1.807) is 0 Å². The standard InChI is InChI=1S/C46H52N2O4/c1-41(2)27-17-28-42(3,4)47(41)51-39(49)45(35-23-13-9-19-31(35)32-20-10-14-24-36(32)45)46(40(50)52-48-43(5,6)29-18-30-44(48,7)8)37-25-15-11-21-33(37)34-22-12-16-26-38(34)46/h9-16,19-26H,17-18,27-30H2,1-8H3. The minimum absolute atomic E-state index is 0.433. The average molecular weight is 697 g/mol. The van der Waals surface area contributed by atoms with Crippen LogP contribution in [0.15, 0.2) is 97.1 Å². The summed E-state index contributed by atoms with van der Waals surface area (Å²) < 4.78 is 0. The van der Waals surface area contributed by atoms with Gasteiger partial charge in [-0.05, 0) is 138 Å². The molecule has 0 unspecified atom stereocenters. The fourth-order valence-electron chi connectivity index (χ4n) is 10.8. The summed E-state index contributed by atoms with van der Waals surface area (Å²) in [6.45, 7) is 17.2. The van der Waals surface area contributed by atoms with Crippen molar-refractivity contribution in [1.82, 2.24) is 10.1 Å². The van der Waals surface area contributed by atoms with E-state index in [9.17, 15) is 0 Å². The Morgan fingerprint density at radius 3 is 0.904 bits per heavy atom. The predicted molar refractivity (Wildman–Crippen MR) is 205 cm³/mol. The number of carbonyl (C=O) groups excluding carboxylic acids is 2. The molecule has 6 nitrogen and oxygen atoms in total. The third kappa shape index (κ3) is 4.62. The normalized spacial score (nSPS) is 22.7. The Morgan fingerprint density at radius 1 is 0.423 bits per heavy atom. The minimum Gasteiger partial charge on any atom is -0.366 e. The van der Waals surface area contributed by atoms with Gasteiger partial charge in [-0.3, -0.25) is 0 Å². The van der Waals surface area contributed by atoms with Crippen molar-refractivity contribution in [3.63, 3.8) is 0 Å². The van der Waals surface area contributed by atoms with Crippen LogP contribution in [0.1, 0.15) is 116 Å². The van der Waals surface area contributed by atoms with Gasteiger partial charge in [-0.25, -0.2) is 9.59 Å². The first-order chi connectivity index (χ1) is 24.6. The number of benzene rings is 4. The number of piperidine rings is 2. The van der Waals surface area contributed by atoms with E-state index in [2.05, 4.69) is 79.7 Å². The van der Waals surface area contributed by atoms with Gasteiger partial charge in [-0.2, -0.15) is 0 Å². The summed E-state index contributed by atoms with van der Waals surface area (Å²) in [7, 11) is 0. The molecule has 8 rings (SSSR count). The Kier molecular flexibility index (Phi) is 7.78. The molecule has 4 aromatic rings. The van der Waals surface area contributed by atoms with Gasteiger partial charge >= 0.3 is 11.9 Å². The van der Waals surface area contributed by atoms with E-state index in [0.29, 0.717) is 0 Å². The maximum absolute atomic E-state index is 16.3. The van der Waals surface area contributed by atoms with Crippen LogP contribution in [0.5, 0.6) is 0 Å². The maximum atomic E-state index is 16.3. The first kappa shape index (κ1) is 34.8. The van der Waals surface area contributed by atoms with Crippen LogP contribution in [-0.4, -0.2) is 44.2 Å². The van der Waals surface area contributed by atoms with Crippen molar-refractivity contribution >= 4 is 11.9 Å². The van der Waals surface area contributed by atoms with Crippen LogP contribution in [0.4, 0.5) is 0 Å². The Bertz CT molecular complexity index is 1820. The fourth-order valence-corrected chi connectivity index (χ4v) is 10.8. The second kappa shape index (κ2) is 11.6. The molecule has 2 aliphatic carbocycles. The van der Waals surface area contributed by atoms with Gasteiger partial charge in [0.15, 0.2) is 0 Å². The van der Waals surface area contributed by atoms with Crippen molar-refractivity contribution in [2.24, 2.45) is 0 Å². The highest BCUT2D eigenvalue weighted by molar-refractivity contribution is 6.11. The molecule has 0 spiro atoms. The summed E-state index contributed by atoms with van der Waals surface area (Å²) in [4.78, 5) is 46.6. The molecule has 0 N–H and O–H groups in total. The molecule has 0 saturated carbocycles. The van der Waals surface area contributed by atoms with Gasteiger partial charge in [0.1, 0.15) is 10.8 Å². The van der Waals surface area contributed by atoms with Crippen molar-refractivity contribution in [1.29, 1.82) is 0 Å². The molecule has 0 aromatic heterocycles. The molecular weight excluding hydrogens is 645 g/mol. The maximum Gasteiger partial charge on any atom is 0.341 e. The Balaban J connectivity index is 1.49. The summed E-state index contributed by atoms with van der Waals surface area (Å²) in [6.07, 6.45) is 5.57. The van der Waals surface area contributed by atoms with Crippen LogP contribution < -0.4 is 0 Å². The molecule has 2 saturated heterocycles. The molecule has 6 heteroatoms. The number of rotatable bonds is 5. The van der Waals surface area contributed by atoms with Crippen LogP contribution in [0.25, 0.3) is 22.3 Å². The lowest BCUT2D eigenvalue weighted by molar-refractivity contribution is -0.277. The van der Waals surface area contributed by atoms with E-state index in [0.717, 1.165) is 83.0 Å². The fraction of sp³-hybridized carbons (Fsp3) is 0.435. The summed E-state index contributed by atoms with van der Waals surface area (Å²) in [6, 6.07) is 32.3. The quantitative estimate of drug-likeness (QED) is 0.207. The summed E-state index contributed by atoms with van der Waals surface area (Å²) in [5.41, 5.74) is 1.59. The van der Waals surface area contributed by atoms with Gasteiger partial charge in [0.05, 0.1) is 22.2 Å². The average Bonchev–Trinajstić information content (AvgIpc) is 3.57. The van der Waals surface area contributed by atoms with E-state index in [-0.39, 0.29) is 0 Å². The van der Waals surface area contributed by atoms with Crippen LogP contribution >= 0.6 is 0 Å². The van der Waals surface area contributed by atoms with E-state index in [4.69, 9.17) is 9.68 Å². The molecule has 0 bridgehead atoms. The van der Waals surface area contributed by atoms with E-state index >= 15 is 9.59 Å². The smallest absolute Gasteiger partial charge is 0.341 e. The van der Waals surface area contributed by atoms with Gasteiger partial charge in [0.25, 0.3) is 0 Å². The van der Waals surface area contributed by atoms with E-state index in [1.807, 2.05) is 82.9 Å². The Morgan fingerprint density at radius 2 is 0.654 bits per heavy atom. The van der Waals surface area contributed by atoms with Crippen molar-refractivity contribution in [3.05, 3.63) is 119 Å². The van der Waals surface area contributed by atoms with Crippen LogP contribution in [0, 0.1) is 0 Å². The molecule has 2 heterocycles. The van der Waals surface area contributed by atoms with Crippen LogP contribution in [-0.2, 0) is 30.1 Å². The zero-order valence-electron chi connectivity index (χ0n) is 32.0. The Hall–Kier alpha value is -4.26. The largest absolute Gasteiger partial charge is 0.366 e. The second-order valence-corrected chi connectivity index (χ2v) is 18.0. The third-order valence-corrected chi connectivity index (χ3v) is 12.8. The van der Waals surface area contributed by atoms with Gasteiger partial charge in [-0.15, -0.1) is 10.1 Å². The first-order valence-electron chi connectivity index (χ1n) is 19.0. The number of hydrogen-bond donors (Lipinski definition) is 0. The van der Waals surface area contributed by atoms with E-state index in [1.165, 1.54) is 0 Å². The topological polar surface area (TPSA) is 59.1 Å². The molecule has 270 valence electrons. The molecule has 4 aliphatic rings. The molecule has 4 aromatic carbocycles. The zero-order chi connectivity index (χ0) is 36.9. The molecule has 2 fully saturated rings. The summed E-state index contributed by atoms with van der Waals surface area (Å²) in [5.74, 6) is -0.956. The zero-order valence-corrected chi connectivity index (χ0v) is 32.0. The SMILES string of the molecule is CC1(C)CCCC(C)(C)N1OC(=O)C1(C2(C(=O)ON3C(C)(C)CCCC3(C)C)c3ccccc3-c3ccccc32)c2ccccc2-c2ccccc21. The molecule has 2 aliphatic heterocycles. The van der Waals surface area contributed by atoms with E-state index < -0.39 is 44.9 Å². The second-order valence-electron chi connectivity index (χ2n) is 18.0. The number of carbonyl (C=O) groups is 2. The lowest BCUT2D eigenvalue weighted by Gasteiger charge is -2.54. The summed E-state index contributed by atoms with van der Waals surface area (Å²) >= 11 is 0. The van der Waals surface area contributed by atoms with Crippen molar-refractivity contribution in [2.75, 3.05) is 0 Å². The molecule has 52 heavy (non-hydrogen) atoms. The highest BCUT2D eigenvalue weighted by Gasteiger charge is 2.73. The lowest BCUT2D eigenvalue weighted by atomic mass is 9.54. The first-order valence-corrected chi connectivity index (χ1v) is 19.0. The molecule has 0 amide bonds. The van der Waals surface area contributed by atoms with Gasteiger partial charge in [0, 0.05) is 0 Å². The van der Waals surface area contributed by atoms with Gasteiger partial charge in [0.2, 0.25) is 0 Å².